The first-order chi connectivity index (χ1) is 15.9. The zero-order valence-electron chi connectivity index (χ0n) is 19.7. The Morgan fingerprint density at radius 1 is 1.12 bits per heavy atom. The molecular weight excluding hydrogens is 469 g/mol. The Bertz CT molecular complexity index is 1060. The van der Waals surface area contributed by atoms with Crippen molar-refractivity contribution in [3.63, 3.8) is 0 Å². The fourth-order valence-corrected chi connectivity index (χ4v) is 5.17. The van der Waals surface area contributed by atoms with E-state index in [1.165, 1.54) is 11.0 Å². The third-order valence-corrected chi connectivity index (χ3v) is 6.97. The van der Waals surface area contributed by atoms with Gasteiger partial charge in [-0.05, 0) is 24.1 Å². The molecule has 13 heteroatoms. The number of halogens is 1. The molecule has 1 aromatic rings. The van der Waals surface area contributed by atoms with E-state index in [-0.39, 0.29) is 31.1 Å². The van der Waals surface area contributed by atoms with Gasteiger partial charge in [0.15, 0.2) is 0 Å². The molecule has 0 N–H and O–H groups in total. The average molecular weight is 500 g/mol. The SMILES string of the molecule is C[C@H]1CN(c2ccc(N3C[C@H](COS(C)(=O)=O)OC3=O)cc2F)C[C@H]1N1CN(C)C(=O)N(C)C1. The van der Waals surface area contributed by atoms with Crippen LogP contribution >= 0.6 is 0 Å². The van der Waals surface area contributed by atoms with Crippen LogP contribution in [0.2, 0.25) is 0 Å². The summed E-state index contributed by atoms with van der Waals surface area (Å²) in [5, 5.41) is 0. The molecule has 34 heavy (non-hydrogen) atoms. The van der Waals surface area contributed by atoms with E-state index in [0.717, 1.165) is 6.26 Å². The summed E-state index contributed by atoms with van der Waals surface area (Å²) < 4.78 is 47.3. The number of benzene rings is 1. The lowest BCUT2D eigenvalue weighted by Gasteiger charge is -2.42. The number of carbonyl (C=O) groups excluding carboxylic acids is 2. The first kappa shape index (κ1) is 24.5. The molecule has 4 rings (SSSR count). The van der Waals surface area contributed by atoms with Crippen molar-refractivity contribution >= 4 is 33.6 Å². The fraction of sp³-hybridized carbons (Fsp3) is 0.619. The fourth-order valence-electron chi connectivity index (χ4n) is 4.77. The molecule has 1 aromatic carbocycles. The van der Waals surface area contributed by atoms with Gasteiger partial charge in [-0.15, -0.1) is 0 Å². The molecule has 11 nitrogen and oxygen atoms in total. The molecule has 3 aliphatic rings. The normalized spacial score (nSPS) is 26.6. The molecule has 0 unspecified atom stereocenters. The van der Waals surface area contributed by atoms with Crippen LogP contribution in [-0.4, -0.2) is 107 Å². The van der Waals surface area contributed by atoms with Gasteiger partial charge in [-0.25, -0.2) is 14.0 Å². The number of amides is 3. The minimum atomic E-state index is -3.66. The topological polar surface area (TPSA) is 103 Å². The summed E-state index contributed by atoms with van der Waals surface area (Å²) in [5.74, 6) is -0.199. The highest BCUT2D eigenvalue weighted by Gasteiger charge is 2.39. The van der Waals surface area contributed by atoms with E-state index >= 15 is 4.39 Å². The van der Waals surface area contributed by atoms with Crippen molar-refractivity contribution in [3.05, 3.63) is 24.0 Å². The number of ether oxygens (including phenoxy) is 1. The number of urea groups is 1. The van der Waals surface area contributed by atoms with Crippen molar-refractivity contribution in [2.75, 3.05) is 69.7 Å². The third kappa shape index (κ3) is 5.05. The molecule has 0 aliphatic carbocycles. The predicted molar refractivity (Wildman–Crippen MR) is 122 cm³/mol. The molecular formula is C21H30FN5O6S. The van der Waals surface area contributed by atoms with Crippen LogP contribution in [0.3, 0.4) is 0 Å². The lowest BCUT2D eigenvalue weighted by Crippen LogP contribution is -2.59. The highest BCUT2D eigenvalue weighted by Crippen LogP contribution is 2.33. The van der Waals surface area contributed by atoms with E-state index < -0.39 is 28.1 Å². The van der Waals surface area contributed by atoms with Crippen LogP contribution in [0.5, 0.6) is 0 Å². The van der Waals surface area contributed by atoms with Crippen molar-refractivity contribution in [1.82, 2.24) is 14.7 Å². The minimum absolute atomic E-state index is 0.0223. The first-order valence-corrected chi connectivity index (χ1v) is 12.8. The summed E-state index contributed by atoms with van der Waals surface area (Å²) >= 11 is 0. The van der Waals surface area contributed by atoms with Crippen molar-refractivity contribution in [2.24, 2.45) is 5.92 Å². The summed E-state index contributed by atoms with van der Waals surface area (Å²) in [6.07, 6.45) is -0.532. The smallest absolute Gasteiger partial charge is 0.414 e. The van der Waals surface area contributed by atoms with Crippen LogP contribution in [0.15, 0.2) is 18.2 Å². The maximum absolute atomic E-state index is 15.2. The number of nitrogens with zero attached hydrogens (tertiary/aromatic N) is 5. The van der Waals surface area contributed by atoms with E-state index in [1.807, 2.05) is 4.90 Å². The van der Waals surface area contributed by atoms with Gasteiger partial charge in [-0.2, -0.15) is 8.42 Å². The zero-order valence-corrected chi connectivity index (χ0v) is 20.5. The summed E-state index contributed by atoms with van der Waals surface area (Å²) in [6, 6.07) is 4.71. The van der Waals surface area contributed by atoms with Crippen LogP contribution in [0.1, 0.15) is 6.92 Å². The molecule has 3 aliphatic heterocycles. The number of carbonyl (C=O) groups is 2. The van der Waals surface area contributed by atoms with Crippen LogP contribution in [0.25, 0.3) is 0 Å². The largest absolute Gasteiger partial charge is 0.441 e. The average Bonchev–Trinajstić information content (AvgIpc) is 3.32. The first-order valence-electron chi connectivity index (χ1n) is 11.0. The maximum atomic E-state index is 15.2. The van der Waals surface area contributed by atoms with Gasteiger partial charge < -0.3 is 19.4 Å². The highest BCUT2D eigenvalue weighted by atomic mass is 32.2. The highest BCUT2D eigenvalue weighted by molar-refractivity contribution is 7.85. The standard InChI is InChI=1S/C21H30FN5O6S/c1-14-8-25(10-19(14)26-12-23(2)20(28)24(3)13-26)18-6-5-15(7-17(18)22)27-9-16(33-21(27)29)11-32-34(4,30)31/h5-7,14,16,19H,8-13H2,1-4H3/t14-,16+,19+/m0/s1. The van der Waals surface area contributed by atoms with E-state index in [0.29, 0.717) is 37.8 Å². The van der Waals surface area contributed by atoms with Crippen molar-refractivity contribution < 1.29 is 31.3 Å². The maximum Gasteiger partial charge on any atom is 0.414 e. The Balaban J connectivity index is 1.43. The lowest BCUT2D eigenvalue weighted by molar-refractivity contribution is 0.0233. The zero-order chi connectivity index (χ0) is 24.8. The molecule has 3 amide bonds. The summed E-state index contributed by atoms with van der Waals surface area (Å²) in [6.45, 7) is 4.21. The van der Waals surface area contributed by atoms with Crippen molar-refractivity contribution in [2.45, 2.75) is 19.1 Å². The van der Waals surface area contributed by atoms with Gasteiger partial charge in [0.2, 0.25) is 0 Å². The van der Waals surface area contributed by atoms with Gasteiger partial charge in [0.25, 0.3) is 10.1 Å². The van der Waals surface area contributed by atoms with Gasteiger partial charge >= 0.3 is 12.1 Å². The Morgan fingerprint density at radius 2 is 1.79 bits per heavy atom. The molecule has 0 radical (unpaired) electrons. The molecule has 0 bridgehead atoms. The Morgan fingerprint density at radius 3 is 2.41 bits per heavy atom. The third-order valence-electron chi connectivity index (χ3n) is 6.41. The quantitative estimate of drug-likeness (QED) is 0.538. The van der Waals surface area contributed by atoms with Crippen molar-refractivity contribution in [1.29, 1.82) is 0 Å². The monoisotopic (exact) mass is 499 g/mol. The second kappa shape index (κ2) is 9.19. The second-order valence-corrected chi connectivity index (χ2v) is 10.9. The molecule has 188 valence electrons. The molecule has 3 fully saturated rings. The molecule has 3 saturated heterocycles. The Hall–Kier alpha value is -2.64. The number of anilines is 2. The minimum Gasteiger partial charge on any atom is -0.441 e. The Kier molecular flexibility index (Phi) is 6.62. The molecule has 3 heterocycles. The molecule has 0 saturated carbocycles. The van der Waals surface area contributed by atoms with Gasteiger partial charge in [-0.3, -0.25) is 14.0 Å². The Labute approximate surface area is 198 Å². The summed E-state index contributed by atoms with van der Waals surface area (Å²) in [5.41, 5.74) is 0.770. The number of cyclic esters (lactones) is 1. The van der Waals surface area contributed by atoms with E-state index in [1.54, 1.807) is 36.0 Å². The number of hydrogen-bond donors (Lipinski definition) is 0. The van der Waals surface area contributed by atoms with E-state index in [9.17, 15) is 18.0 Å². The van der Waals surface area contributed by atoms with E-state index in [4.69, 9.17) is 8.92 Å². The second-order valence-electron chi connectivity index (χ2n) is 9.24. The predicted octanol–water partition coefficient (Wildman–Crippen LogP) is 1.17. The van der Waals surface area contributed by atoms with Crippen LogP contribution < -0.4 is 9.80 Å². The van der Waals surface area contributed by atoms with Gasteiger partial charge in [0, 0.05) is 33.2 Å². The van der Waals surface area contributed by atoms with Crippen LogP contribution in [-0.2, 0) is 19.0 Å². The molecule has 0 spiro atoms. The number of rotatable bonds is 6. The van der Waals surface area contributed by atoms with Crippen LogP contribution in [0, 0.1) is 11.7 Å². The van der Waals surface area contributed by atoms with Crippen LogP contribution in [0.4, 0.5) is 25.4 Å². The van der Waals surface area contributed by atoms with Gasteiger partial charge in [-0.1, -0.05) is 6.92 Å². The van der Waals surface area contributed by atoms with E-state index in [2.05, 4.69) is 11.8 Å². The molecule has 3 atom stereocenters. The molecule has 0 aromatic heterocycles. The van der Waals surface area contributed by atoms with Gasteiger partial charge in [0.05, 0.1) is 37.5 Å². The lowest BCUT2D eigenvalue weighted by atomic mass is 10.1. The van der Waals surface area contributed by atoms with Gasteiger partial charge in [0.1, 0.15) is 18.5 Å². The summed E-state index contributed by atoms with van der Waals surface area (Å²) in [4.78, 5) is 33.1. The summed E-state index contributed by atoms with van der Waals surface area (Å²) in [7, 11) is -0.128. The number of hydrogen-bond acceptors (Lipinski definition) is 8. The van der Waals surface area contributed by atoms with Crippen molar-refractivity contribution in [3.8, 4) is 0 Å².